The molecule has 0 aromatic heterocycles. The summed E-state index contributed by atoms with van der Waals surface area (Å²) in [5, 5.41) is 10.2. The summed E-state index contributed by atoms with van der Waals surface area (Å²) in [5.74, 6) is 0. The predicted molar refractivity (Wildman–Crippen MR) is 76.1 cm³/mol. The maximum Gasteiger partial charge on any atom is 0.0822 e. The summed E-state index contributed by atoms with van der Waals surface area (Å²) in [5.41, 5.74) is 1.44. The van der Waals surface area contributed by atoms with E-state index < -0.39 is 0 Å². The summed E-state index contributed by atoms with van der Waals surface area (Å²) >= 11 is 2.33. The molecule has 0 heterocycles. The third kappa shape index (κ3) is 6.48. The quantitative estimate of drug-likeness (QED) is 0.490. The van der Waals surface area contributed by atoms with E-state index in [0.717, 1.165) is 12.8 Å². The molecule has 0 N–H and O–H groups in total. The number of unbranched alkanes of at least 4 members (excludes halogenated alkanes) is 5. The second-order valence-electron chi connectivity index (χ2n) is 4.20. The molecule has 16 heavy (non-hydrogen) atoms. The molecule has 0 aliphatic heterocycles. The van der Waals surface area contributed by atoms with Gasteiger partial charge in [-0.15, -0.1) is 0 Å². The summed E-state index contributed by atoms with van der Waals surface area (Å²) in [7, 11) is 0. The Hall–Kier alpha value is -0.0900. The van der Waals surface area contributed by atoms with Crippen LogP contribution >= 0.6 is 22.6 Å². The average Bonchev–Trinajstić information content (AvgIpc) is 2.30. The molecule has 0 atom stereocenters. The van der Waals surface area contributed by atoms with Crippen LogP contribution in [0.15, 0.2) is 24.3 Å². The van der Waals surface area contributed by atoms with Gasteiger partial charge in [0.05, 0.1) is 6.61 Å². The van der Waals surface area contributed by atoms with E-state index in [4.69, 9.17) is 0 Å². The summed E-state index contributed by atoms with van der Waals surface area (Å²) in [6.07, 6.45) is 8.25. The third-order valence-electron chi connectivity index (χ3n) is 2.77. The Morgan fingerprint density at radius 3 is 2.00 bits per heavy atom. The minimum absolute atomic E-state index is 0.0999. The minimum atomic E-state index is 0.0999. The average molecular weight is 331 g/mol. The van der Waals surface area contributed by atoms with E-state index in [1.165, 1.54) is 41.2 Å². The fraction of sp³-hybridized carbons (Fsp3) is 0.571. The van der Waals surface area contributed by atoms with E-state index in [1.54, 1.807) is 0 Å². The SMILES string of the molecule is [O]CCCCCCCCc1ccc(I)cc1. The molecular weight excluding hydrogens is 311 g/mol. The lowest BCUT2D eigenvalue weighted by Gasteiger charge is -2.02. The number of aryl methyl sites for hydroxylation is 1. The van der Waals surface area contributed by atoms with Gasteiger partial charge in [-0.05, 0) is 59.5 Å². The molecule has 0 aliphatic carbocycles. The van der Waals surface area contributed by atoms with Crippen molar-refractivity contribution in [2.45, 2.75) is 44.9 Å². The zero-order chi connectivity index (χ0) is 11.6. The van der Waals surface area contributed by atoms with Crippen molar-refractivity contribution in [3.05, 3.63) is 33.4 Å². The molecule has 0 fully saturated rings. The lowest BCUT2D eigenvalue weighted by molar-refractivity contribution is 0.186. The highest BCUT2D eigenvalue weighted by Gasteiger charge is 1.94. The monoisotopic (exact) mass is 331 g/mol. The van der Waals surface area contributed by atoms with Gasteiger partial charge in [0, 0.05) is 3.57 Å². The molecule has 0 spiro atoms. The molecule has 1 aromatic rings. The van der Waals surface area contributed by atoms with Crippen LogP contribution in [-0.4, -0.2) is 6.61 Å². The van der Waals surface area contributed by atoms with Crippen molar-refractivity contribution < 1.29 is 5.11 Å². The summed E-state index contributed by atoms with van der Waals surface area (Å²) in [4.78, 5) is 0. The molecule has 0 unspecified atom stereocenters. The highest BCUT2D eigenvalue weighted by molar-refractivity contribution is 14.1. The van der Waals surface area contributed by atoms with Crippen molar-refractivity contribution in [2.75, 3.05) is 6.61 Å². The lowest BCUT2D eigenvalue weighted by atomic mass is 10.1. The van der Waals surface area contributed by atoms with E-state index in [9.17, 15) is 5.11 Å². The second-order valence-corrected chi connectivity index (χ2v) is 5.45. The van der Waals surface area contributed by atoms with Crippen LogP contribution in [0.4, 0.5) is 0 Å². The van der Waals surface area contributed by atoms with Crippen molar-refractivity contribution in [3.63, 3.8) is 0 Å². The van der Waals surface area contributed by atoms with Gasteiger partial charge >= 0.3 is 0 Å². The number of halogens is 1. The van der Waals surface area contributed by atoms with Crippen LogP contribution in [0.1, 0.15) is 44.1 Å². The third-order valence-corrected chi connectivity index (χ3v) is 3.49. The topological polar surface area (TPSA) is 19.9 Å². The van der Waals surface area contributed by atoms with Crippen LogP contribution < -0.4 is 0 Å². The van der Waals surface area contributed by atoms with Gasteiger partial charge < -0.3 is 0 Å². The Balaban J connectivity index is 2.01. The highest BCUT2D eigenvalue weighted by atomic mass is 127. The van der Waals surface area contributed by atoms with E-state index in [2.05, 4.69) is 46.9 Å². The molecule has 0 amide bonds. The van der Waals surface area contributed by atoms with Gasteiger partial charge in [-0.25, -0.2) is 5.11 Å². The van der Waals surface area contributed by atoms with Crippen LogP contribution in [0.25, 0.3) is 0 Å². The Labute approximate surface area is 112 Å². The van der Waals surface area contributed by atoms with Gasteiger partial charge in [-0.3, -0.25) is 0 Å². The van der Waals surface area contributed by atoms with Gasteiger partial charge in [0.1, 0.15) is 0 Å². The summed E-state index contributed by atoms with van der Waals surface area (Å²) < 4.78 is 1.30. The summed E-state index contributed by atoms with van der Waals surface area (Å²) in [6.45, 7) is 0.0999. The highest BCUT2D eigenvalue weighted by Crippen LogP contribution is 2.11. The zero-order valence-corrected chi connectivity index (χ0v) is 11.9. The van der Waals surface area contributed by atoms with E-state index in [-0.39, 0.29) is 6.61 Å². The van der Waals surface area contributed by atoms with Crippen LogP contribution in [0.2, 0.25) is 0 Å². The Kier molecular flexibility index (Phi) is 7.85. The number of hydrogen-bond acceptors (Lipinski definition) is 0. The largest absolute Gasteiger partial charge is 0.237 e. The molecule has 0 aliphatic rings. The van der Waals surface area contributed by atoms with Gasteiger partial charge in [-0.2, -0.15) is 0 Å². The van der Waals surface area contributed by atoms with Crippen LogP contribution in [0.3, 0.4) is 0 Å². The van der Waals surface area contributed by atoms with Crippen LogP contribution in [-0.2, 0) is 11.5 Å². The van der Waals surface area contributed by atoms with Gasteiger partial charge in [0.2, 0.25) is 0 Å². The molecular formula is C14H20IO. The Bertz CT molecular complexity index is 269. The van der Waals surface area contributed by atoms with Gasteiger partial charge in [-0.1, -0.05) is 37.8 Å². The molecule has 89 valence electrons. The number of benzene rings is 1. The molecule has 0 saturated heterocycles. The maximum atomic E-state index is 10.2. The van der Waals surface area contributed by atoms with Crippen LogP contribution in [0, 0.1) is 3.57 Å². The Morgan fingerprint density at radius 1 is 0.812 bits per heavy atom. The Morgan fingerprint density at radius 2 is 1.38 bits per heavy atom. The normalized spacial score (nSPS) is 10.6. The first-order valence-electron chi connectivity index (χ1n) is 6.15. The molecule has 2 heteroatoms. The first-order valence-corrected chi connectivity index (χ1v) is 7.23. The molecule has 1 rings (SSSR count). The molecule has 1 nitrogen and oxygen atoms in total. The lowest BCUT2D eigenvalue weighted by Crippen LogP contribution is -1.87. The van der Waals surface area contributed by atoms with E-state index in [1.807, 2.05) is 0 Å². The molecule has 0 bridgehead atoms. The van der Waals surface area contributed by atoms with Crippen molar-refractivity contribution >= 4 is 22.6 Å². The predicted octanol–water partition coefficient (Wildman–Crippen LogP) is 4.60. The first-order chi connectivity index (χ1) is 7.83. The molecule has 0 saturated carbocycles. The van der Waals surface area contributed by atoms with E-state index in [0.29, 0.717) is 0 Å². The minimum Gasteiger partial charge on any atom is -0.237 e. The fourth-order valence-corrected chi connectivity index (χ4v) is 2.15. The zero-order valence-electron chi connectivity index (χ0n) is 9.75. The molecule has 1 aromatic carbocycles. The number of hydrogen-bond donors (Lipinski definition) is 0. The van der Waals surface area contributed by atoms with Crippen LogP contribution in [0.5, 0.6) is 0 Å². The van der Waals surface area contributed by atoms with Crippen molar-refractivity contribution in [3.8, 4) is 0 Å². The summed E-state index contributed by atoms with van der Waals surface area (Å²) in [6, 6.07) is 8.78. The standard InChI is InChI=1S/C14H20IO/c15-14-10-8-13(9-11-14)7-5-3-1-2-4-6-12-16/h8-11H,1-7,12H2. The van der Waals surface area contributed by atoms with Crippen molar-refractivity contribution in [2.24, 2.45) is 0 Å². The van der Waals surface area contributed by atoms with Gasteiger partial charge in [0.25, 0.3) is 0 Å². The van der Waals surface area contributed by atoms with E-state index >= 15 is 0 Å². The first kappa shape index (κ1) is 14.0. The number of rotatable bonds is 8. The van der Waals surface area contributed by atoms with Crippen molar-refractivity contribution in [1.82, 2.24) is 0 Å². The fourth-order valence-electron chi connectivity index (χ4n) is 1.79. The smallest absolute Gasteiger partial charge is 0.0822 e. The maximum absolute atomic E-state index is 10.2. The van der Waals surface area contributed by atoms with Crippen molar-refractivity contribution in [1.29, 1.82) is 0 Å². The second kappa shape index (κ2) is 8.99. The van der Waals surface area contributed by atoms with Gasteiger partial charge in [0.15, 0.2) is 0 Å². The molecule has 1 radical (unpaired) electrons.